The van der Waals surface area contributed by atoms with Gasteiger partial charge in [-0.2, -0.15) is 5.26 Å². The standard InChI is InChI=1S/C14H18N2O/c1-4-11(2)8-14(17)16(3)13-7-5-6-12(9-13)10-15/h5-7,9,11H,4,8H2,1-3H3. The summed E-state index contributed by atoms with van der Waals surface area (Å²) in [5.41, 5.74) is 1.35. The van der Waals surface area contributed by atoms with Gasteiger partial charge in [0.05, 0.1) is 11.6 Å². The molecule has 1 aromatic carbocycles. The number of amides is 1. The maximum atomic E-state index is 12.0. The van der Waals surface area contributed by atoms with Gasteiger partial charge in [-0.25, -0.2) is 0 Å². The van der Waals surface area contributed by atoms with Gasteiger partial charge in [-0.05, 0) is 24.1 Å². The molecule has 3 nitrogen and oxygen atoms in total. The Morgan fingerprint density at radius 2 is 2.24 bits per heavy atom. The number of rotatable bonds is 4. The fourth-order valence-corrected chi connectivity index (χ4v) is 1.51. The summed E-state index contributed by atoms with van der Waals surface area (Å²) in [5.74, 6) is 0.485. The number of hydrogen-bond acceptors (Lipinski definition) is 2. The van der Waals surface area contributed by atoms with Gasteiger partial charge in [0.2, 0.25) is 5.91 Å². The minimum atomic E-state index is 0.0921. The van der Waals surface area contributed by atoms with Gasteiger partial charge < -0.3 is 4.90 Å². The molecule has 0 radical (unpaired) electrons. The number of benzene rings is 1. The third-order valence-corrected chi connectivity index (χ3v) is 2.96. The van der Waals surface area contributed by atoms with Crippen molar-refractivity contribution < 1.29 is 4.79 Å². The normalized spacial score (nSPS) is 11.6. The van der Waals surface area contributed by atoms with Crippen LogP contribution in [0.3, 0.4) is 0 Å². The average Bonchev–Trinajstić information content (AvgIpc) is 2.37. The van der Waals surface area contributed by atoms with Crippen LogP contribution in [0.25, 0.3) is 0 Å². The van der Waals surface area contributed by atoms with Gasteiger partial charge in [0, 0.05) is 19.2 Å². The molecule has 1 amide bonds. The third kappa shape index (κ3) is 3.60. The number of anilines is 1. The number of nitrogens with zero attached hydrogens (tertiary/aromatic N) is 2. The number of carbonyl (C=O) groups excluding carboxylic acids is 1. The molecule has 0 aromatic heterocycles. The summed E-state index contributed by atoms with van der Waals surface area (Å²) < 4.78 is 0. The van der Waals surface area contributed by atoms with Crippen molar-refractivity contribution in [2.24, 2.45) is 5.92 Å². The molecule has 90 valence electrons. The van der Waals surface area contributed by atoms with E-state index in [0.29, 0.717) is 17.9 Å². The number of hydrogen-bond donors (Lipinski definition) is 0. The number of nitriles is 1. The van der Waals surface area contributed by atoms with Gasteiger partial charge >= 0.3 is 0 Å². The zero-order valence-corrected chi connectivity index (χ0v) is 10.6. The van der Waals surface area contributed by atoms with Crippen molar-refractivity contribution in [2.45, 2.75) is 26.7 Å². The van der Waals surface area contributed by atoms with E-state index in [1.54, 1.807) is 30.1 Å². The molecular formula is C14H18N2O. The van der Waals surface area contributed by atoms with Gasteiger partial charge in [-0.15, -0.1) is 0 Å². The average molecular weight is 230 g/mol. The molecule has 0 saturated heterocycles. The summed E-state index contributed by atoms with van der Waals surface area (Å²) in [5, 5.41) is 8.81. The smallest absolute Gasteiger partial charge is 0.226 e. The summed E-state index contributed by atoms with van der Waals surface area (Å²) in [6.45, 7) is 4.14. The minimum absolute atomic E-state index is 0.0921. The van der Waals surface area contributed by atoms with E-state index in [2.05, 4.69) is 19.9 Å². The molecule has 0 saturated carbocycles. The predicted molar refractivity (Wildman–Crippen MR) is 68.6 cm³/mol. The summed E-state index contributed by atoms with van der Waals surface area (Å²) in [4.78, 5) is 13.6. The van der Waals surface area contributed by atoms with E-state index in [-0.39, 0.29) is 5.91 Å². The molecule has 0 aliphatic rings. The summed E-state index contributed by atoms with van der Waals surface area (Å²) in [6.07, 6.45) is 1.54. The molecule has 17 heavy (non-hydrogen) atoms. The van der Waals surface area contributed by atoms with Gasteiger partial charge in [0.15, 0.2) is 0 Å². The molecule has 0 fully saturated rings. The molecule has 0 heterocycles. The van der Waals surface area contributed by atoms with Crippen LogP contribution in [0, 0.1) is 17.2 Å². The molecule has 0 N–H and O–H groups in total. The highest BCUT2D eigenvalue weighted by Gasteiger charge is 2.13. The summed E-state index contributed by atoms with van der Waals surface area (Å²) in [6, 6.07) is 9.17. The molecule has 0 aliphatic carbocycles. The predicted octanol–water partition coefficient (Wildman–Crippen LogP) is 2.96. The van der Waals surface area contributed by atoms with E-state index < -0.39 is 0 Å². The Labute approximate surface area is 103 Å². The van der Waals surface area contributed by atoms with Crippen LogP contribution in [0.15, 0.2) is 24.3 Å². The van der Waals surface area contributed by atoms with Crippen molar-refractivity contribution in [1.82, 2.24) is 0 Å². The molecule has 0 spiro atoms. The van der Waals surface area contributed by atoms with Crippen molar-refractivity contribution in [2.75, 3.05) is 11.9 Å². The van der Waals surface area contributed by atoms with Crippen LogP contribution in [0.1, 0.15) is 32.3 Å². The SMILES string of the molecule is CCC(C)CC(=O)N(C)c1cccc(C#N)c1. The Morgan fingerprint density at radius 1 is 1.53 bits per heavy atom. The van der Waals surface area contributed by atoms with E-state index in [0.717, 1.165) is 12.1 Å². The van der Waals surface area contributed by atoms with E-state index in [1.807, 2.05) is 6.07 Å². The van der Waals surface area contributed by atoms with E-state index in [1.165, 1.54) is 0 Å². The van der Waals surface area contributed by atoms with Crippen LogP contribution in [-0.2, 0) is 4.79 Å². The molecule has 1 aromatic rings. The molecule has 0 aliphatic heterocycles. The first-order valence-corrected chi connectivity index (χ1v) is 5.85. The minimum Gasteiger partial charge on any atom is -0.315 e. The van der Waals surface area contributed by atoms with E-state index in [9.17, 15) is 4.79 Å². The van der Waals surface area contributed by atoms with Crippen LogP contribution < -0.4 is 4.90 Å². The molecule has 1 atom stereocenters. The fraction of sp³-hybridized carbons (Fsp3) is 0.429. The molecule has 1 rings (SSSR count). The third-order valence-electron chi connectivity index (χ3n) is 2.96. The lowest BCUT2D eigenvalue weighted by atomic mass is 10.0. The second-order valence-electron chi connectivity index (χ2n) is 4.33. The Bertz CT molecular complexity index is 434. The number of carbonyl (C=O) groups is 1. The van der Waals surface area contributed by atoms with Crippen molar-refractivity contribution >= 4 is 11.6 Å². The van der Waals surface area contributed by atoms with E-state index in [4.69, 9.17) is 5.26 Å². The lowest BCUT2D eigenvalue weighted by molar-refractivity contribution is -0.119. The zero-order chi connectivity index (χ0) is 12.8. The first kappa shape index (κ1) is 13.2. The Balaban J connectivity index is 2.78. The Kier molecular flexibility index (Phi) is 4.71. The highest BCUT2D eigenvalue weighted by molar-refractivity contribution is 5.93. The maximum absolute atomic E-state index is 12.0. The second kappa shape index (κ2) is 6.05. The molecular weight excluding hydrogens is 212 g/mol. The van der Waals surface area contributed by atoms with Gasteiger partial charge in [0.25, 0.3) is 0 Å². The van der Waals surface area contributed by atoms with E-state index >= 15 is 0 Å². The highest BCUT2D eigenvalue weighted by atomic mass is 16.2. The van der Waals surface area contributed by atoms with Gasteiger partial charge in [0.1, 0.15) is 0 Å². The Morgan fingerprint density at radius 3 is 2.82 bits per heavy atom. The highest BCUT2D eigenvalue weighted by Crippen LogP contribution is 2.17. The topological polar surface area (TPSA) is 44.1 Å². The quantitative estimate of drug-likeness (QED) is 0.798. The Hall–Kier alpha value is -1.82. The molecule has 0 bridgehead atoms. The zero-order valence-electron chi connectivity index (χ0n) is 10.6. The van der Waals surface area contributed by atoms with Crippen LogP contribution in [-0.4, -0.2) is 13.0 Å². The first-order chi connectivity index (χ1) is 8.08. The molecule has 1 unspecified atom stereocenters. The van der Waals surface area contributed by atoms with Gasteiger partial charge in [-0.3, -0.25) is 4.79 Å². The van der Waals surface area contributed by atoms with Crippen LogP contribution in [0.2, 0.25) is 0 Å². The monoisotopic (exact) mass is 230 g/mol. The van der Waals surface area contributed by atoms with Crippen LogP contribution in [0.5, 0.6) is 0 Å². The molecule has 3 heteroatoms. The lowest BCUT2D eigenvalue weighted by Gasteiger charge is -2.19. The maximum Gasteiger partial charge on any atom is 0.226 e. The van der Waals surface area contributed by atoms with Crippen molar-refractivity contribution in [3.05, 3.63) is 29.8 Å². The van der Waals surface area contributed by atoms with Crippen LogP contribution >= 0.6 is 0 Å². The first-order valence-electron chi connectivity index (χ1n) is 5.85. The van der Waals surface area contributed by atoms with Crippen molar-refractivity contribution in [1.29, 1.82) is 5.26 Å². The van der Waals surface area contributed by atoms with Gasteiger partial charge in [-0.1, -0.05) is 26.3 Å². The van der Waals surface area contributed by atoms with Crippen molar-refractivity contribution in [3.63, 3.8) is 0 Å². The second-order valence-corrected chi connectivity index (χ2v) is 4.33. The summed E-state index contributed by atoms with van der Waals surface area (Å²) >= 11 is 0. The van der Waals surface area contributed by atoms with Crippen molar-refractivity contribution in [3.8, 4) is 6.07 Å². The fourth-order valence-electron chi connectivity index (χ4n) is 1.51. The summed E-state index contributed by atoms with van der Waals surface area (Å²) in [7, 11) is 1.75. The largest absolute Gasteiger partial charge is 0.315 e. The van der Waals surface area contributed by atoms with Crippen LogP contribution in [0.4, 0.5) is 5.69 Å². The lowest BCUT2D eigenvalue weighted by Crippen LogP contribution is -2.27.